The lowest BCUT2D eigenvalue weighted by Gasteiger charge is -2.12. The molecule has 1 aliphatic carbocycles. The molecule has 0 amide bonds. The van der Waals surface area contributed by atoms with Gasteiger partial charge in [0, 0.05) is 12.2 Å². The highest BCUT2D eigenvalue weighted by Crippen LogP contribution is 2.51. The molecule has 3 nitrogen and oxygen atoms in total. The highest BCUT2D eigenvalue weighted by molar-refractivity contribution is 5.56. The van der Waals surface area contributed by atoms with Gasteiger partial charge in [-0.1, -0.05) is 13.8 Å². The molecule has 0 aliphatic heterocycles. The van der Waals surface area contributed by atoms with Crippen molar-refractivity contribution in [1.29, 1.82) is 0 Å². The molecule has 1 atom stereocenters. The summed E-state index contributed by atoms with van der Waals surface area (Å²) in [5, 5.41) is 3.46. The van der Waals surface area contributed by atoms with Crippen molar-refractivity contribution in [3.63, 3.8) is 0 Å². The molecule has 1 unspecified atom stereocenters. The monoisotopic (exact) mass is 220 g/mol. The summed E-state index contributed by atoms with van der Waals surface area (Å²) >= 11 is 0. The minimum absolute atomic E-state index is 0.516. The maximum atomic E-state index is 5.28. The van der Waals surface area contributed by atoms with E-state index in [2.05, 4.69) is 24.1 Å². The second kappa shape index (κ2) is 3.96. The Balaban J connectivity index is 2.00. The van der Waals surface area contributed by atoms with Crippen LogP contribution >= 0.6 is 0 Å². The number of aromatic nitrogens is 1. The molecule has 2 rings (SSSR count). The summed E-state index contributed by atoms with van der Waals surface area (Å²) in [6.07, 6.45) is 3.09. The molecule has 0 bridgehead atoms. The summed E-state index contributed by atoms with van der Waals surface area (Å²) in [6.45, 7) is 7.64. The molecule has 0 saturated heterocycles. The van der Waals surface area contributed by atoms with Crippen molar-refractivity contribution in [2.75, 3.05) is 19.0 Å². The Hall–Kier alpha value is -1.25. The Morgan fingerprint density at radius 3 is 2.81 bits per heavy atom. The molecule has 1 saturated carbocycles. The molecule has 16 heavy (non-hydrogen) atoms. The second-order valence-electron chi connectivity index (χ2n) is 5.30. The van der Waals surface area contributed by atoms with E-state index in [4.69, 9.17) is 4.74 Å². The van der Waals surface area contributed by atoms with Gasteiger partial charge >= 0.3 is 0 Å². The van der Waals surface area contributed by atoms with Crippen molar-refractivity contribution in [2.45, 2.75) is 27.2 Å². The van der Waals surface area contributed by atoms with Crippen LogP contribution in [0.5, 0.6) is 5.75 Å². The van der Waals surface area contributed by atoms with Gasteiger partial charge in [-0.15, -0.1) is 0 Å². The number of nitrogens with one attached hydrogen (secondary N) is 1. The van der Waals surface area contributed by atoms with Gasteiger partial charge in [-0.2, -0.15) is 0 Å². The van der Waals surface area contributed by atoms with Crippen LogP contribution in [-0.4, -0.2) is 18.6 Å². The van der Waals surface area contributed by atoms with Crippen LogP contribution in [0.1, 0.15) is 26.0 Å². The minimum Gasteiger partial charge on any atom is -0.493 e. The Labute approximate surface area is 97.2 Å². The van der Waals surface area contributed by atoms with Gasteiger partial charge in [0.1, 0.15) is 0 Å². The Morgan fingerprint density at radius 2 is 2.25 bits per heavy atom. The van der Waals surface area contributed by atoms with Crippen molar-refractivity contribution in [3.8, 4) is 5.75 Å². The summed E-state index contributed by atoms with van der Waals surface area (Å²) in [4.78, 5) is 4.22. The van der Waals surface area contributed by atoms with E-state index in [1.165, 1.54) is 6.42 Å². The number of pyridine rings is 1. The van der Waals surface area contributed by atoms with Crippen molar-refractivity contribution in [1.82, 2.24) is 4.98 Å². The highest BCUT2D eigenvalue weighted by atomic mass is 16.5. The lowest BCUT2D eigenvalue weighted by atomic mass is 10.1. The van der Waals surface area contributed by atoms with E-state index < -0.39 is 0 Å². The Kier molecular flexibility index (Phi) is 2.78. The number of methoxy groups -OCH3 is 1. The van der Waals surface area contributed by atoms with Crippen LogP contribution in [-0.2, 0) is 0 Å². The molecule has 1 aromatic rings. The molecule has 1 heterocycles. The molecule has 3 heteroatoms. The van der Waals surface area contributed by atoms with Gasteiger partial charge in [-0.05, 0) is 30.7 Å². The molecule has 1 fully saturated rings. The number of nitrogens with zero attached hydrogens (tertiary/aromatic N) is 1. The summed E-state index contributed by atoms with van der Waals surface area (Å²) in [6, 6.07) is 2.04. The largest absolute Gasteiger partial charge is 0.493 e. The smallest absolute Gasteiger partial charge is 0.160 e. The van der Waals surface area contributed by atoms with Crippen LogP contribution < -0.4 is 10.1 Å². The summed E-state index contributed by atoms with van der Waals surface area (Å²) in [7, 11) is 1.68. The van der Waals surface area contributed by atoms with Crippen LogP contribution in [0.3, 0.4) is 0 Å². The second-order valence-corrected chi connectivity index (χ2v) is 5.30. The van der Waals surface area contributed by atoms with Crippen molar-refractivity contribution < 1.29 is 4.74 Å². The number of aryl methyl sites for hydroxylation is 1. The molecule has 1 aliphatic rings. The number of anilines is 1. The zero-order valence-corrected chi connectivity index (χ0v) is 10.5. The predicted molar refractivity (Wildman–Crippen MR) is 65.9 cm³/mol. The van der Waals surface area contributed by atoms with E-state index in [0.29, 0.717) is 5.41 Å². The Bertz CT molecular complexity index is 388. The third-order valence-electron chi connectivity index (χ3n) is 3.48. The van der Waals surface area contributed by atoms with E-state index in [9.17, 15) is 0 Å². The van der Waals surface area contributed by atoms with Gasteiger partial charge in [0.05, 0.1) is 19.0 Å². The third kappa shape index (κ3) is 2.29. The zero-order valence-electron chi connectivity index (χ0n) is 10.5. The van der Waals surface area contributed by atoms with Crippen LogP contribution in [0.25, 0.3) is 0 Å². The van der Waals surface area contributed by atoms with Crippen LogP contribution in [0.15, 0.2) is 12.3 Å². The van der Waals surface area contributed by atoms with Crippen molar-refractivity contribution >= 4 is 5.69 Å². The van der Waals surface area contributed by atoms with Gasteiger partial charge in [-0.25, -0.2) is 0 Å². The standard InChI is InChI=1S/C13H20N2O/c1-9-5-11(12(16-4)8-14-9)15-7-10-6-13(10,2)3/h5,8,10H,6-7H2,1-4H3,(H,14,15). The first-order valence-corrected chi connectivity index (χ1v) is 5.77. The van der Waals surface area contributed by atoms with Crippen LogP contribution in [0, 0.1) is 18.3 Å². The summed E-state index contributed by atoms with van der Waals surface area (Å²) in [5.41, 5.74) is 2.58. The first kappa shape index (κ1) is 11.2. The van der Waals surface area contributed by atoms with E-state index >= 15 is 0 Å². The maximum Gasteiger partial charge on any atom is 0.160 e. The molecule has 88 valence electrons. The van der Waals surface area contributed by atoms with E-state index in [0.717, 1.165) is 29.6 Å². The fraction of sp³-hybridized carbons (Fsp3) is 0.615. The van der Waals surface area contributed by atoms with Crippen molar-refractivity contribution in [2.24, 2.45) is 11.3 Å². The van der Waals surface area contributed by atoms with Gasteiger partial charge in [0.25, 0.3) is 0 Å². The molecular weight excluding hydrogens is 200 g/mol. The summed E-state index contributed by atoms with van der Waals surface area (Å²) < 4.78 is 5.28. The van der Waals surface area contributed by atoms with Crippen LogP contribution in [0.4, 0.5) is 5.69 Å². The third-order valence-corrected chi connectivity index (χ3v) is 3.48. The predicted octanol–water partition coefficient (Wildman–Crippen LogP) is 2.86. The highest BCUT2D eigenvalue weighted by Gasteiger charge is 2.44. The number of hydrogen-bond acceptors (Lipinski definition) is 3. The molecule has 1 aromatic heterocycles. The maximum absolute atomic E-state index is 5.28. The van der Waals surface area contributed by atoms with E-state index in [1.54, 1.807) is 13.3 Å². The lowest BCUT2D eigenvalue weighted by molar-refractivity contribution is 0.414. The topological polar surface area (TPSA) is 34.1 Å². The molecule has 0 aromatic carbocycles. The normalized spacial score (nSPS) is 21.6. The first-order chi connectivity index (χ1) is 7.53. The quantitative estimate of drug-likeness (QED) is 0.847. The number of rotatable bonds is 4. The molecule has 1 N–H and O–H groups in total. The average molecular weight is 220 g/mol. The SMILES string of the molecule is COc1cnc(C)cc1NCC1CC1(C)C. The lowest BCUT2D eigenvalue weighted by Crippen LogP contribution is -2.08. The first-order valence-electron chi connectivity index (χ1n) is 5.77. The molecule has 0 spiro atoms. The summed E-state index contributed by atoms with van der Waals surface area (Å²) in [5.74, 6) is 1.61. The van der Waals surface area contributed by atoms with Gasteiger partial charge in [0.2, 0.25) is 0 Å². The van der Waals surface area contributed by atoms with Gasteiger partial charge < -0.3 is 10.1 Å². The average Bonchev–Trinajstić information content (AvgIpc) is 2.84. The van der Waals surface area contributed by atoms with Gasteiger partial charge in [0.15, 0.2) is 5.75 Å². The Morgan fingerprint density at radius 1 is 1.56 bits per heavy atom. The fourth-order valence-corrected chi connectivity index (χ4v) is 2.01. The molecular formula is C13H20N2O. The number of hydrogen-bond donors (Lipinski definition) is 1. The van der Waals surface area contributed by atoms with E-state index in [1.807, 2.05) is 13.0 Å². The fourth-order valence-electron chi connectivity index (χ4n) is 2.01. The zero-order chi connectivity index (χ0) is 11.8. The van der Waals surface area contributed by atoms with E-state index in [-0.39, 0.29) is 0 Å². The van der Waals surface area contributed by atoms with Crippen LogP contribution in [0.2, 0.25) is 0 Å². The number of ether oxygens (including phenoxy) is 1. The minimum atomic E-state index is 0.516. The molecule has 0 radical (unpaired) electrons. The van der Waals surface area contributed by atoms with Gasteiger partial charge in [-0.3, -0.25) is 4.98 Å². The van der Waals surface area contributed by atoms with Crippen molar-refractivity contribution in [3.05, 3.63) is 18.0 Å².